The number of hydrogen-bond acceptors (Lipinski definition) is 4. The van der Waals surface area contributed by atoms with Crippen LogP contribution in [0.15, 0.2) is 22.9 Å². The highest BCUT2D eigenvalue weighted by Gasteiger charge is 2.16. The summed E-state index contributed by atoms with van der Waals surface area (Å²) in [5.41, 5.74) is 2.63. The van der Waals surface area contributed by atoms with Gasteiger partial charge in [-0.2, -0.15) is 0 Å². The molecule has 2 aromatic rings. The lowest BCUT2D eigenvalue weighted by Gasteiger charge is -2.15. The first-order chi connectivity index (χ1) is 10.5. The minimum Gasteiger partial charge on any atom is -0.425 e. The molecule has 0 radical (unpaired) electrons. The van der Waals surface area contributed by atoms with Crippen molar-refractivity contribution in [1.82, 2.24) is 15.2 Å². The molecule has 0 aromatic carbocycles. The maximum absolute atomic E-state index is 5.65. The molecule has 0 aliphatic heterocycles. The van der Waals surface area contributed by atoms with Gasteiger partial charge in [-0.25, -0.2) is 0 Å². The Balaban J connectivity index is 1.94. The van der Waals surface area contributed by atoms with Gasteiger partial charge >= 0.3 is 0 Å². The smallest absolute Gasteiger partial charge is 0.219 e. The predicted octanol–water partition coefficient (Wildman–Crippen LogP) is 4.84. The number of rotatable bonds is 7. The third-order valence-corrected chi connectivity index (χ3v) is 4.26. The molecule has 0 aliphatic rings. The molecule has 0 saturated carbocycles. The zero-order valence-corrected chi connectivity index (χ0v) is 14.3. The standard InChI is InChI=1S/C18H27N3O/c1-6-17-20-21-18(22-17)14(5)8-7-13(4)16-9-15(12(2)3)10-19-11-16/h9-14H,6-8H2,1-5H3. The van der Waals surface area contributed by atoms with Gasteiger partial charge in [-0.3, -0.25) is 4.98 Å². The number of pyridine rings is 1. The molecule has 0 saturated heterocycles. The Morgan fingerprint density at radius 2 is 1.64 bits per heavy atom. The quantitative estimate of drug-likeness (QED) is 0.734. The average Bonchev–Trinajstić information content (AvgIpc) is 3.01. The van der Waals surface area contributed by atoms with Gasteiger partial charge in [0.1, 0.15) is 0 Å². The topological polar surface area (TPSA) is 51.8 Å². The Bertz CT molecular complexity index is 592. The van der Waals surface area contributed by atoms with Crippen LogP contribution in [0, 0.1) is 0 Å². The van der Waals surface area contributed by atoms with Crippen LogP contribution in [-0.2, 0) is 6.42 Å². The van der Waals surface area contributed by atoms with Crippen LogP contribution in [-0.4, -0.2) is 15.2 Å². The van der Waals surface area contributed by atoms with Crippen molar-refractivity contribution in [2.45, 2.75) is 71.6 Å². The Hall–Kier alpha value is -1.71. The van der Waals surface area contributed by atoms with Gasteiger partial charge in [0.2, 0.25) is 11.8 Å². The lowest BCUT2D eigenvalue weighted by Crippen LogP contribution is -2.01. The van der Waals surface area contributed by atoms with Crippen molar-refractivity contribution in [1.29, 1.82) is 0 Å². The van der Waals surface area contributed by atoms with Crippen LogP contribution in [0.5, 0.6) is 0 Å². The maximum atomic E-state index is 5.65. The summed E-state index contributed by atoms with van der Waals surface area (Å²) in [5, 5.41) is 8.19. The normalized spacial score (nSPS) is 14.3. The molecule has 2 rings (SSSR count). The van der Waals surface area contributed by atoms with Crippen molar-refractivity contribution in [3.8, 4) is 0 Å². The fourth-order valence-corrected chi connectivity index (χ4v) is 2.46. The Morgan fingerprint density at radius 3 is 2.27 bits per heavy atom. The Kier molecular flexibility index (Phi) is 5.69. The van der Waals surface area contributed by atoms with Gasteiger partial charge in [-0.1, -0.05) is 40.7 Å². The minimum absolute atomic E-state index is 0.302. The van der Waals surface area contributed by atoms with Crippen LogP contribution in [0.3, 0.4) is 0 Å². The summed E-state index contributed by atoms with van der Waals surface area (Å²) in [6.07, 6.45) is 6.88. The van der Waals surface area contributed by atoms with Gasteiger partial charge in [0.15, 0.2) is 0 Å². The first-order valence-corrected chi connectivity index (χ1v) is 8.28. The van der Waals surface area contributed by atoms with Crippen LogP contribution < -0.4 is 0 Å². The lowest BCUT2D eigenvalue weighted by atomic mass is 9.91. The highest BCUT2D eigenvalue weighted by molar-refractivity contribution is 5.23. The second kappa shape index (κ2) is 7.52. The van der Waals surface area contributed by atoms with Gasteiger partial charge in [-0.15, -0.1) is 10.2 Å². The molecule has 0 fully saturated rings. The fraction of sp³-hybridized carbons (Fsp3) is 0.611. The molecule has 22 heavy (non-hydrogen) atoms. The summed E-state index contributed by atoms with van der Waals surface area (Å²) in [5.74, 6) is 2.80. The van der Waals surface area contributed by atoms with E-state index in [1.165, 1.54) is 11.1 Å². The van der Waals surface area contributed by atoms with Gasteiger partial charge in [0.05, 0.1) is 0 Å². The molecular weight excluding hydrogens is 274 g/mol. The third-order valence-electron chi connectivity index (χ3n) is 4.26. The van der Waals surface area contributed by atoms with Gasteiger partial charge in [0.25, 0.3) is 0 Å². The van der Waals surface area contributed by atoms with Crippen molar-refractivity contribution >= 4 is 0 Å². The summed E-state index contributed by atoms with van der Waals surface area (Å²) >= 11 is 0. The number of aromatic nitrogens is 3. The lowest BCUT2D eigenvalue weighted by molar-refractivity contribution is 0.408. The molecule has 0 bridgehead atoms. The number of hydrogen-bond donors (Lipinski definition) is 0. The van der Waals surface area contributed by atoms with E-state index in [0.29, 0.717) is 17.8 Å². The molecule has 2 atom stereocenters. The monoisotopic (exact) mass is 301 g/mol. The first-order valence-electron chi connectivity index (χ1n) is 8.28. The molecule has 0 spiro atoms. The summed E-state index contributed by atoms with van der Waals surface area (Å²) in [6, 6.07) is 2.29. The van der Waals surface area contributed by atoms with E-state index in [0.717, 1.165) is 31.0 Å². The van der Waals surface area contributed by atoms with Gasteiger partial charge < -0.3 is 4.42 Å². The highest BCUT2D eigenvalue weighted by atomic mass is 16.4. The van der Waals surface area contributed by atoms with Crippen LogP contribution in [0.4, 0.5) is 0 Å². The van der Waals surface area contributed by atoms with Gasteiger partial charge in [-0.05, 0) is 35.8 Å². The Labute approximate surface area is 133 Å². The zero-order valence-electron chi connectivity index (χ0n) is 14.3. The second-order valence-corrected chi connectivity index (χ2v) is 6.47. The molecule has 4 heteroatoms. The molecule has 4 nitrogen and oxygen atoms in total. The molecule has 2 heterocycles. The average molecular weight is 301 g/mol. The van der Waals surface area contributed by atoms with Crippen molar-refractivity contribution in [2.75, 3.05) is 0 Å². The summed E-state index contributed by atoms with van der Waals surface area (Å²) in [4.78, 5) is 4.39. The van der Waals surface area contributed by atoms with Crippen molar-refractivity contribution in [3.63, 3.8) is 0 Å². The fourth-order valence-electron chi connectivity index (χ4n) is 2.46. The zero-order chi connectivity index (χ0) is 16.1. The third kappa shape index (κ3) is 4.15. The molecule has 0 amide bonds. The van der Waals surface area contributed by atoms with E-state index in [1.807, 2.05) is 19.3 Å². The summed E-state index contributed by atoms with van der Waals surface area (Å²) in [6.45, 7) is 10.9. The second-order valence-electron chi connectivity index (χ2n) is 6.47. The summed E-state index contributed by atoms with van der Waals surface area (Å²) in [7, 11) is 0. The molecule has 0 N–H and O–H groups in total. The largest absolute Gasteiger partial charge is 0.425 e. The van der Waals surface area contributed by atoms with E-state index in [2.05, 4.69) is 48.9 Å². The summed E-state index contributed by atoms with van der Waals surface area (Å²) < 4.78 is 5.65. The van der Waals surface area contributed by atoms with Crippen LogP contribution in [0.1, 0.15) is 88.1 Å². The van der Waals surface area contributed by atoms with Gasteiger partial charge in [0, 0.05) is 24.7 Å². The number of aryl methyl sites for hydroxylation is 1. The first kappa shape index (κ1) is 16.7. The molecule has 0 aliphatic carbocycles. The minimum atomic E-state index is 0.302. The number of nitrogens with zero attached hydrogens (tertiary/aromatic N) is 3. The van der Waals surface area contributed by atoms with E-state index in [1.54, 1.807) is 0 Å². The van der Waals surface area contributed by atoms with E-state index < -0.39 is 0 Å². The molecule has 2 aromatic heterocycles. The van der Waals surface area contributed by atoms with Crippen LogP contribution in [0.25, 0.3) is 0 Å². The SMILES string of the molecule is CCc1nnc(C(C)CCC(C)c2cncc(C(C)C)c2)o1. The molecule has 2 unspecified atom stereocenters. The van der Waals surface area contributed by atoms with Crippen molar-refractivity contribution < 1.29 is 4.42 Å². The van der Waals surface area contributed by atoms with E-state index >= 15 is 0 Å². The van der Waals surface area contributed by atoms with E-state index in [9.17, 15) is 0 Å². The predicted molar refractivity (Wildman–Crippen MR) is 88.1 cm³/mol. The van der Waals surface area contributed by atoms with E-state index in [4.69, 9.17) is 4.42 Å². The highest BCUT2D eigenvalue weighted by Crippen LogP contribution is 2.28. The molecular formula is C18H27N3O. The van der Waals surface area contributed by atoms with Crippen molar-refractivity contribution in [3.05, 3.63) is 41.4 Å². The maximum Gasteiger partial charge on any atom is 0.219 e. The van der Waals surface area contributed by atoms with Crippen molar-refractivity contribution in [2.24, 2.45) is 0 Å². The van der Waals surface area contributed by atoms with Crippen LogP contribution in [0.2, 0.25) is 0 Å². The Morgan fingerprint density at radius 1 is 0.955 bits per heavy atom. The van der Waals surface area contributed by atoms with E-state index in [-0.39, 0.29) is 0 Å². The molecule has 120 valence electrons. The van der Waals surface area contributed by atoms with Crippen LogP contribution >= 0.6 is 0 Å².